The van der Waals surface area contributed by atoms with Gasteiger partial charge in [0, 0.05) is 37.4 Å². The van der Waals surface area contributed by atoms with E-state index in [0.29, 0.717) is 42.6 Å². The molecule has 168 valence electrons. The zero-order chi connectivity index (χ0) is 22.9. The van der Waals surface area contributed by atoms with Crippen molar-refractivity contribution in [1.82, 2.24) is 4.90 Å². The van der Waals surface area contributed by atoms with Gasteiger partial charge in [0.25, 0.3) is 0 Å². The number of thioether (sulfide) groups is 1. The van der Waals surface area contributed by atoms with Gasteiger partial charge in [0.2, 0.25) is 11.8 Å². The number of amides is 2. The van der Waals surface area contributed by atoms with Crippen LogP contribution in [-0.4, -0.2) is 52.7 Å². The number of Topliss-reactive ketones (excluding diaryl/α,β-unsaturated/α-hetero) is 1. The van der Waals surface area contributed by atoms with Gasteiger partial charge in [0.1, 0.15) is 5.25 Å². The molecular formula is C24H27N3O4S. The lowest BCUT2D eigenvalue weighted by Crippen LogP contribution is -2.34. The number of hydrogen-bond acceptors (Lipinski definition) is 6. The predicted octanol–water partition coefficient (Wildman–Crippen LogP) is 4.28. The molecule has 3 rings (SSSR count). The smallest absolute Gasteiger partial charge is 0.242 e. The number of anilines is 1. The fourth-order valence-electron chi connectivity index (χ4n) is 3.18. The number of ether oxygens (including phenoxy) is 1. The third kappa shape index (κ3) is 6.51. The number of carbonyl (C=O) groups is 3. The molecule has 2 amide bonds. The summed E-state index contributed by atoms with van der Waals surface area (Å²) in [5.41, 5.74) is 1.92. The lowest BCUT2D eigenvalue weighted by atomic mass is 10.1. The number of aliphatic imine (C=N–C) groups is 1. The zero-order valence-corrected chi connectivity index (χ0v) is 19.1. The second-order valence-corrected chi connectivity index (χ2v) is 8.43. The van der Waals surface area contributed by atoms with Crippen molar-refractivity contribution >= 4 is 45.9 Å². The molecule has 1 aliphatic rings. The minimum absolute atomic E-state index is 0.0354. The highest BCUT2D eigenvalue weighted by Gasteiger charge is 2.38. The first kappa shape index (κ1) is 23.7. The molecule has 0 aromatic heterocycles. The Hall–Kier alpha value is -2.97. The minimum Gasteiger partial charge on any atom is -0.382 e. The third-order valence-corrected chi connectivity index (χ3v) is 6.00. The Morgan fingerprint density at radius 2 is 1.84 bits per heavy atom. The van der Waals surface area contributed by atoms with E-state index in [4.69, 9.17) is 4.74 Å². The van der Waals surface area contributed by atoms with Crippen LogP contribution in [0, 0.1) is 0 Å². The number of carbonyl (C=O) groups excluding carboxylic acids is 3. The summed E-state index contributed by atoms with van der Waals surface area (Å²) in [6.07, 6.45) is 0.725. The van der Waals surface area contributed by atoms with E-state index in [0.717, 1.165) is 5.69 Å². The van der Waals surface area contributed by atoms with Crippen LogP contribution >= 0.6 is 11.8 Å². The van der Waals surface area contributed by atoms with E-state index in [-0.39, 0.29) is 24.0 Å². The summed E-state index contributed by atoms with van der Waals surface area (Å²) < 4.78 is 5.39. The summed E-state index contributed by atoms with van der Waals surface area (Å²) in [6, 6.07) is 16.1. The van der Waals surface area contributed by atoms with Gasteiger partial charge in [-0.3, -0.25) is 19.3 Å². The summed E-state index contributed by atoms with van der Waals surface area (Å²) in [6.45, 7) is 5.10. The first-order valence-corrected chi connectivity index (χ1v) is 11.5. The lowest BCUT2D eigenvalue weighted by Gasteiger charge is -2.16. The van der Waals surface area contributed by atoms with Crippen molar-refractivity contribution in [2.75, 3.05) is 25.1 Å². The van der Waals surface area contributed by atoms with Crippen molar-refractivity contribution in [3.63, 3.8) is 0 Å². The van der Waals surface area contributed by atoms with Gasteiger partial charge in [0.15, 0.2) is 11.0 Å². The number of hydrogen-bond donors (Lipinski definition) is 1. The van der Waals surface area contributed by atoms with E-state index >= 15 is 0 Å². The van der Waals surface area contributed by atoms with Crippen molar-refractivity contribution in [3.8, 4) is 0 Å². The molecule has 1 N–H and O–H groups in total. The molecule has 0 aliphatic carbocycles. The quantitative estimate of drug-likeness (QED) is 0.429. The van der Waals surface area contributed by atoms with Gasteiger partial charge in [-0.1, -0.05) is 30.0 Å². The van der Waals surface area contributed by atoms with Crippen molar-refractivity contribution in [1.29, 1.82) is 0 Å². The Morgan fingerprint density at radius 3 is 2.50 bits per heavy atom. The number of nitrogens with one attached hydrogen (secondary N) is 1. The van der Waals surface area contributed by atoms with Crippen LogP contribution in [0.3, 0.4) is 0 Å². The molecule has 2 aromatic carbocycles. The Morgan fingerprint density at radius 1 is 1.12 bits per heavy atom. The van der Waals surface area contributed by atoms with Crippen LogP contribution < -0.4 is 5.32 Å². The Balaban J connectivity index is 1.67. The number of ketones is 1. The summed E-state index contributed by atoms with van der Waals surface area (Å²) in [4.78, 5) is 43.3. The molecule has 7 nitrogen and oxygen atoms in total. The zero-order valence-electron chi connectivity index (χ0n) is 18.2. The van der Waals surface area contributed by atoms with Gasteiger partial charge in [0.05, 0.1) is 5.69 Å². The molecule has 0 spiro atoms. The fraction of sp³-hybridized carbons (Fsp3) is 0.333. The molecule has 1 atom stereocenters. The largest absolute Gasteiger partial charge is 0.382 e. The predicted molar refractivity (Wildman–Crippen MR) is 127 cm³/mol. The first-order valence-electron chi connectivity index (χ1n) is 10.6. The van der Waals surface area contributed by atoms with Gasteiger partial charge in [-0.25, -0.2) is 4.99 Å². The summed E-state index contributed by atoms with van der Waals surface area (Å²) in [5.74, 6) is -0.421. The molecule has 1 aliphatic heterocycles. The Bertz CT molecular complexity index is 976. The highest BCUT2D eigenvalue weighted by atomic mass is 32.2. The molecule has 2 aromatic rings. The van der Waals surface area contributed by atoms with Crippen molar-refractivity contribution < 1.29 is 19.1 Å². The van der Waals surface area contributed by atoms with Gasteiger partial charge in [-0.15, -0.1) is 0 Å². The highest BCUT2D eigenvalue weighted by molar-refractivity contribution is 8.15. The number of rotatable bonds is 10. The monoisotopic (exact) mass is 453 g/mol. The van der Waals surface area contributed by atoms with Gasteiger partial charge in [-0.2, -0.15) is 0 Å². The first-order chi connectivity index (χ1) is 15.5. The molecule has 32 heavy (non-hydrogen) atoms. The van der Waals surface area contributed by atoms with Gasteiger partial charge >= 0.3 is 0 Å². The number of para-hydroxylation sites is 1. The van der Waals surface area contributed by atoms with Gasteiger partial charge in [-0.05, 0) is 56.7 Å². The van der Waals surface area contributed by atoms with E-state index in [1.165, 1.54) is 18.7 Å². The number of amidine groups is 1. The Labute approximate surface area is 192 Å². The van der Waals surface area contributed by atoms with Crippen molar-refractivity contribution in [3.05, 3.63) is 60.2 Å². The van der Waals surface area contributed by atoms with Crippen LogP contribution in [0.4, 0.5) is 11.4 Å². The summed E-state index contributed by atoms with van der Waals surface area (Å²) in [7, 11) is 0. The summed E-state index contributed by atoms with van der Waals surface area (Å²) in [5, 5.41) is 2.86. The molecule has 0 bridgehead atoms. The van der Waals surface area contributed by atoms with Crippen LogP contribution in [0.2, 0.25) is 0 Å². The lowest BCUT2D eigenvalue weighted by molar-refractivity contribution is -0.128. The standard InChI is InChI=1S/C24H27N3O4S/c1-3-31-15-7-14-27-23(30)21(32-24(27)26-19-8-5-4-6-9-19)16-22(29)25-20-12-10-18(11-13-20)17(2)28/h4-6,8-13,21H,3,7,14-16H2,1-2H3,(H,25,29). The molecule has 1 heterocycles. The van der Waals surface area contributed by atoms with Crippen LogP contribution in [-0.2, 0) is 14.3 Å². The van der Waals surface area contributed by atoms with Crippen molar-refractivity contribution in [2.24, 2.45) is 4.99 Å². The van der Waals surface area contributed by atoms with E-state index < -0.39 is 5.25 Å². The molecule has 0 saturated carbocycles. The maximum Gasteiger partial charge on any atom is 0.242 e. The topological polar surface area (TPSA) is 88.1 Å². The maximum absolute atomic E-state index is 13.0. The molecule has 1 saturated heterocycles. The van der Waals surface area contributed by atoms with Gasteiger partial charge < -0.3 is 10.1 Å². The van der Waals surface area contributed by atoms with Crippen LogP contribution in [0.15, 0.2) is 59.6 Å². The average Bonchev–Trinajstić information content (AvgIpc) is 3.06. The molecule has 1 fully saturated rings. The maximum atomic E-state index is 13.0. The number of benzene rings is 2. The van der Waals surface area contributed by atoms with Crippen LogP contribution in [0.25, 0.3) is 0 Å². The highest BCUT2D eigenvalue weighted by Crippen LogP contribution is 2.32. The van der Waals surface area contributed by atoms with E-state index in [1.807, 2.05) is 37.3 Å². The van der Waals surface area contributed by atoms with Crippen molar-refractivity contribution in [2.45, 2.75) is 31.9 Å². The van der Waals surface area contributed by atoms with Crippen LogP contribution in [0.5, 0.6) is 0 Å². The number of nitrogens with zero attached hydrogens (tertiary/aromatic N) is 2. The fourth-order valence-corrected chi connectivity index (χ4v) is 4.37. The Kier molecular flexibility index (Phi) is 8.58. The van der Waals surface area contributed by atoms with Crippen LogP contribution in [0.1, 0.15) is 37.0 Å². The third-order valence-electron chi connectivity index (χ3n) is 4.82. The SMILES string of the molecule is CCOCCCN1C(=O)C(CC(=O)Nc2ccc(C(C)=O)cc2)SC1=Nc1ccccc1. The molecule has 1 unspecified atom stereocenters. The summed E-state index contributed by atoms with van der Waals surface area (Å²) >= 11 is 1.31. The molecule has 8 heteroatoms. The minimum atomic E-state index is -0.541. The van der Waals surface area contributed by atoms with E-state index in [9.17, 15) is 14.4 Å². The van der Waals surface area contributed by atoms with E-state index in [1.54, 1.807) is 29.2 Å². The molecule has 0 radical (unpaired) electrons. The normalized spacial score (nSPS) is 17.1. The molecular weight excluding hydrogens is 426 g/mol. The van der Waals surface area contributed by atoms with E-state index in [2.05, 4.69) is 10.3 Å². The second kappa shape index (κ2) is 11.6. The average molecular weight is 454 g/mol. The second-order valence-electron chi connectivity index (χ2n) is 7.26.